The summed E-state index contributed by atoms with van der Waals surface area (Å²) in [5, 5.41) is 8.70. The van der Waals surface area contributed by atoms with E-state index in [1.54, 1.807) is 31.4 Å². The van der Waals surface area contributed by atoms with Gasteiger partial charge in [-0.15, -0.1) is 10.2 Å². The number of nitrogens with zero attached hydrogens (tertiary/aromatic N) is 2. The van der Waals surface area contributed by atoms with Crippen molar-refractivity contribution in [1.82, 2.24) is 10.2 Å². The molecule has 2 heterocycles. The summed E-state index contributed by atoms with van der Waals surface area (Å²) in [5.41, 5.74) is 0.873. The molecule has 0 saturated carbocycles. The van der Waals surface area contributed by atoms with Crippen LogP contribution in [0.1, 0.15) is 0 Å². The molecular formula is C18H11BrN2O4. The molecule has 0 bridgehead atoms. The van der Waals surface area contributed by atoms with Gasteiger partial charge in [-0.1, -0.05) is 22.0 Å². The van der Waals surface area contributed by atoms with Crippen molar-refractivity contribution in [2.45, 2.75) is 0 Å². The minimum Gasteiger partial charge on any atom is -0.497 e. The number of hydrogen-bond donors (Lipinski definition) is 0. The molecule has 6 nitrogen and oxygen atoms in total. The largest absolute Gasteiger partial charge is 0.497 e. The lowest BCUT2D eigenvalue weighted by Gasteiger charge is -2.02. The first-order chi connectivity index (χ1) is 12.1. The normalized spacial score (nSPS) is 11.0. The Hall–Kier alpha value is -2.93. The number of aromatic nitrogens is 2. The Labute approximate surface area is 150 Å². The molecule has 0 N–H and O–H groups in total. The molecule has 2 aromatic heterocycles. The summed E-state index contributed by atoms with van der Waals surface area (Å²) in [6.45, 7) is 0. The van der Waals surface area contributed by atoms with Crippen molar-refractivity contribution >= 4 is 26.9 Å². The zero-order valence-electron chi connectivity index (χ0n) is 13.0. The molecule has 124 valence electrons. The van der Waals surface area contributed by atoms with Gasteiger partial charge in [0.25, 0.3) is 5.89 Å². The smallest absolute Gasteiger partial charge is 0.349 e. The standard InChI is InChI=1S/C18H11BrN2O4/c1-23-13-5-6-15-11(8-13)9-14(18(22)24-15)17-21-20-16(25-17)10-3-2-4-12(19)7-10/h2-9H,1H3. The summed E-state index contributed by atoms with van der Waals surface area (Å²) in [6.07, 6.45) is 0. The SMILES string of the molecule is COc1ccc2oc(=O)c(-c3nnc(-c4cccc(Br)c4)o3)cc2c1. The summed E-state index contributed by atoms with van der Waals surface area (Å²) in [4.78, 5) is 12.3. The molecule has 0 fully saturated rings. The van der Waals surface area contributed by atoms with E-state index in [-0.39, 0.29) is 11.5 Å². The first kappa shape index (κ1) is 15.6. The third-order valence-electron chi connectivity index (χ3n) is 3.67. The van der Waals surface area contributed by atoms with Crippen molar-refractivity contribution in [1.29, 1.82) is 0 Å². The number of fused-ring (bicyclic) bond motifs is 1. The van der Waals surface area contributed by atoms with Crippen molar-refractivity contribution < 1.29 is 13.6 Å². The van der Waals surface area contributed by atoms with Gasteiger partial charge in [-0.05, 0) is 42.5 Å². The van der Waals surface area contributed by atoms with Gasteiger partial charge in [0.15, 0.2) is 0 Å². The first-order valence-corrected chi connectivity index (χ1v) is 8.15. The second kappa shape index (κ2) is 6.18. The Morgan fingerprint density at radius 2 is 1.84 bits per heavy atom. The maximum absolute atomic E-state index is 12.3. The van der Waals surface area contributed by atoms with E-state index >= 15 is 0 Å². The average Bonchev–Trinajstić information content (AvgIpc) is 3.10. The Morgan fingerprint density at radius 3 is 2.64 bits per heavy atom. The summed E-state index contributed by atoms with van der Waals surface area (Å²) >= 11 is 3.40. The van der Waals surface area contributed by atoms with Gasteiger partial charge in [0.1, 0.15) is 16.9 Å². The molecule has 4 aromatic rings. The van der Waals surface area contributed by atoms with E-state index in [1.807, 2.05) is 24.3 Å². The highest BCUT2D eigenvalue weighted by atomic mass is 79.9. The average molecular weight is 399 g/mol. The van der Waals surface area contributed by atoms with Gasteiger partial charge in [0.2, 0.25) is 5.89 Å². The van der Waals surface area contributed by atoms with Crippen molar-refractivity contribution in [3.05, 3.63) is 63.4 Å². The molecule has 0 saturated heterocycles. The fourth-order valence-corrected chi connectivity index (χ4v) is 2.85. The van der Waals surface area contributed by atoms with Crippen LogP contribution in [0.25, 0.3) is 33.9 Å². The third-order valence-corrected chi connectivity index (χ3v) is 4.16. The van der Waals surface area contributed by atoms with E-state index in [1.165, 1.54) is 0 Å². The first-order valence-electron chi connectivity index (χ1n) is 7.36. The Morgan fingerprint density at radius 1 is 1.00 bits per heavy atom. The fraction of sp³-hybridized carbons (Fsp3) is 0.0556. The molecule has 0 atom stereocenters. The predicted molar refractivity (Wildman–Crippen MR) is 95.5 cm³/mol. The lowest BCUT2D eigenvalue weighted by Crippen LogP contribution is -2.02. The van der Waals surface area contributed by atoms with Crippen LogP contribution < -0.4 is 10.4 Å². The number of halogens is 1. The second-order valence-electron chi connectivity index (χ2n) is 5.27. The molecule has 0 amide bonds. The van der Waals surface area contributed by atoms with Gasteiger partial charge in [0.05, 0.1) is 7.11 Å². The molecule has 0 spiro atoms. The van der Waals surface area contributed by atoms with Crippen LogP contribution in [0.3, 0.4) is 0 Å². The van der Waals surface area contributed by atoms with Crippen LogP contribution in [-0.2, 0) is 0 Å². The number of hydrogen-bond acceptors (Lipinski definition) is 6. The Balaban J connectivity index is 1.82. The van der Waals surface area contributed by atoms with Crippen LogP contribution in [-0.4, -0.2) is 17.3 Å². The highest BCUT2D eigenvalue weighted by Gasteiger charge is 2.16. The molecule has 0 unspecified atom stereocenters. The number of ether oxygens (including phenoxy) is 1. The quantitative estimate of drug-likeness (QED) is 0.479. The Kier molecular flexibility index (Phi) is 3.85. The van der Waals surface area contributed by atoms with E-state index in [2.05, 4.69) is 26.1 Å². The lowest BCUT2D eigenvalue weighted by molar-refractivity contribution is 0.415. The minimum atomic E-state index is -0.540. The summed E-state index contributed by atoms with van der Waals surface area (Å²) in [5.74, 6) is 1.09. The zero-order chi connectivity index (χ0) is 17.4. The van der Waals surface area contributed by atoms with Gasteiger partial charge in [-0.3, -0.25) is 0 Å². The van der Waals surface area contributed by atoms with E-state index in [4.69, 9.17) is 13.6 Å². The van der Waals surface area contributed by atoms with Gasteiger partial charge in [0, 0.05) is 15.4 Å². The van der Waals surface area contributed by atoms with Crippen LogP contribution >= 0.6 is 15.9 Å². The van der Waals surface area contributed by atoms with E-state index in [9.17, 15) is 4.79 Å². The van der Waals surface area contributed by atoms with Crippen LogP contribution in [0, 0.1) is 0 Å². The number of benzene rings is 2. The second-order valence-corrected chi connectivity index (χ2v) is 6.19. The molecule has 4 rings (SSSR count). The third kappa shape index (κ3) is 2.94. The zero-order valence-corrected chi connectivity index (χ0v) is 14.6. The van der Waals surface area contributed by atoms with Crippen LogP contribution in [0.5, 0.6) is 5.75 Å². The van der Waals surface area contributed by atoms with Crippen molar-refractivity contribution in [2.75, 3.05) is 7.11 Å². The highest BCUT2D eigenvalue weighted by Crippen LogP contribution is 2.27. The summed E-state index contributed by atoms with van der Waals surface area (Å²) in [6, 6.07) is 14.3. The summed E-state index contributed by atoms with van der Waals surface area (Å²) < 4.78 is 17.1. The maximum atomic E-state index is 12.3. The van der Waals surface area contributed by atoms with Crippen LogP contribution in [0.15, 0.2) is 66.6 Å². The van der Waals surface area contributed by atoms with Crippen LogP contribution in [0.2, 0.25) is 0 Å². The molecule has 0 radical (unpaired) electrons. The number of methoxy groups -OCH3 is 1. The van der Waals surface area contributed by atoms with Gasteiger partial charge in [-0.2, -0.15) is 0 Å². The van der Waals surface area contributed by atoms with E-state index in [0.717, 1.165) is 10.0 Å². The molecule has 25 heavy (non-hydrogen) atoms. The van der Waals surface area contributed by atoms with Gasteiger partial charge >= 0.3 is 5.63 Å². The Bertz CT molecular complexity index is 1130. The molecular weight excluding hydrogens is 388 g/mol. The number of rotatable bonds is 3. The van der Waals surface area contributed by atoms with Crippen molar-refractivity contribution in [2.24, 2.45) is 0 Å². The molecule has 0 aliphatic heterocycles. The minimum absolute atomic E-state index is 0.105. The summed E-state index contributed by atoms with van der Waals surface area (Å²) in [7, 11) is 1.57. The molecule has 0 aliphatic carbocycles. The fourth-order valence-electron chi connectivity index (χ4n) is 2.45. The van der Waals surface area contributed by atoms with Crippen LogP contribution in [0.4, 0.5) is 0 Å². The highest BCUT2D eigenvalue weighted by molar-refractivity contribution is 9.10. The van der Waals surface area contributed by atoms with E-state index in [0.29, 0.717) is 22.6 Å². The van der Waals surface area contributed by atoms with Gasteiger partial charge < -0.3 is 13.6 Å². The molecule has 0 aliphatic rings. The predicted octanol–water partition coefficient (Wildman–Crippen LogP) is 4.28. The molecule has 2 aromatic carbocycles. The van der Waals surface area contributed by atoms with Crippen molar-refractivity contribution in [3.63, 3.8) is 0 Å². The van der Waals surface area contributed by atoms with Gasteiger partial charge in [-0.25, -0.2) is 4.79 Å². The monoisotopic (exact) mass is 398 g/mol. The van der Waals surface area contributed by atoms with Crippen molar-refractivity contribution in [3.8, 4) is 28.7 Å². The maximum Gasteiger partial charge on any atom is 0.349 e. The molecule has 7 heteroatoms. The van der Waals surface area contributed by atoms with E-state index < -0.39 is 5.63 Å². The topological polar surface area (TPSA) is 78.4 Å². The lowest BCUT2D eigenvalue weighted by atomic mass is 10.2.